The Balaban J connectivity index is 3.55. The van der Waals surface area contributed by atoms with Gasteiger partial charge in [-0.2, -0.15) is 18.4 Å². The maximum Gasteiger partial charge on any atom is 0.431 e. The first-order valence-electron chi connectivity index (χ1n) is 3.80. The molecule has 0 radical (unpaired) electrons. The number of nitriles is 1. The van der Waals surface area contributed by atoms with Gasteiger partial charge in [-0.15, -0.1) is 0 Å². The average molecular weight is 238 g/mol. The predicted molar refractivity (Wildman–Crippen MR) is 41.7 cm³/mol. The quantitative estimate of drug-likeness (QED) is 0.762. The fourth-order valence-electron chi connectivity index (χ4n) is 1.01. The van der Waals surface area contributed by atoms with E-state index in [2.05, 4.69) is 0 Å². The van der Waals surface area contributed by atoms with Crippen molar-refractivity contribution >= 4 is 0 Å². The minimum atomic E-state index is -4.95. The van der Waals surface area contributed by atoms with E-state index in [-0.39, 0.29) is 6.07 Å². The number of nitrogens with one attached hydrogen (secondary N) is 1. The van der Waals surface area contributed by atoms with Crippen LogP contribution in [0.5, 0.6) is 0 Å². The van der Waals surface area contributed by atoms with Crippen molar-refractivity contribution in [2.75, 3.05) is 0 Å². The Morgan fingerprint density at radius 3 is 2.31 bits per heavy atom. The summed E-state index contributed by atoms with van der Waals surface area (Å²) in [6.45, 7) is 0. The molecule has 0 saturated carbocycles. The molecule has 0 bridgehead atoms. The van der Waals surface area contributed by atoms with E-state index < -0.39 is 35.0 Å². The molecule has 16 heavy (non-hydrogen) atoms. The summed E-state index contributed by atoms with van der Waals surface area (Å²) < 4.78 is 61.0. The molecule has 1 heterocycles. The van der Waals surface area contributed by atoms with Crippen LogP contribution in [0.4, 0.5) is 22.0 Å². The van der Waals surface area contributed by atoms with Gasteiger partial charge >= 0.3 is 6.18 Å². The highest BCUT2D eigenvalue weighted by Crippen LogP contribution is 2.29. The Labute approximate surface area is 85.1 Å². The van der Waals surface area contributed by atoms with Crippen molar-refractivity contribution in [2.24, 2.45) is 0 Å². The van der Waals surface area contributed by atoms with Crippen molar-refractivity contribution < 1.29 is 22.0 Å². The van der Waals surface area contributed by atoms with E-state index in [9.17, 15) is 26.7 Å². The lowest BCUT2D eigenvalue weighted by atomic mass is 10.2. The molecule has 0 aromatic carbocycles. The van der Waals surface area contributed by atoms with E-state index >= 15 is 0 Å². The van der Waals surface area contributed by atoms with Gasteiger partial charge in [-0.3, -0.25) is 4.79 Å². The Kier molecular flexibility index (Phi) is 2.98. The standard InChI is InChI=1S/C8H3F5N2O/c9-7(10)6-3(2-14)4(16)1-5(15-6)8(11,12)13/h1,7H,(H,15,16). The predicted octanol–water partition coefficient (Wildman–Crippen LogP) is 2.20. The van der Waals surface area contributed by atoms with Crippen LogP contribution in [0.2, 0.25) is 0 Å². The van der Waals surface area contributed by atoms with Crippen molar-refractivity contribution in [1.82, 2.24) is 4.98 Å². The number of hydrogen-bond acceptors (Lipinski definition) is 2. The third-order valence-corrected chi connectivity index (χ3v) is 1.70. The number of aromatic amines is 1. The molecule has 0 unspecified atom stereocenters. The lowest BCUT2D eigenvalue weighted by Crippen LogP contribution is -2.19. The molecule has 0 atom stereocenters. The Morgan fingerprint density at radius 1 is 1.38 bits per heavy atom. The van der Waals surface area contributed by atoms with Gasteiger partial charge in [0, 0.05) is 6.07 Å². The second kappa shape index (κ2) is 3.92. The molecular formula is C8H3F5N2O. The van der Waals surface area contributed by atoms with E-state index in [4.69, 9.17) is 5.26 Å². The van der Waals surface area contributed by atoms with Crippen molar-refractivity contribution in [3.05, 3.63) is 33.2 Å². The van der Waals surface area contributed by atoms with Crippen LogP contribution in [0.25, 0.3) is 0 Å². The first-order valence-corrected chi connectivity index (χ1v) is 3.80. The first-order chi connectivity index (χ1) is 7.27. The fourth-order valence-corrected chi connectivity index (χ4v) is 1.01. The maximum absolute atomic E-state index is 12.3. The van der Waals surface area contributed by atoms with Crippen LogP contribution in [0, 0.1) is 11.3 Å². The third-order valence-electron chi connectivity index (χ3n) is 1.70. The van der Waals surface area contributed by atoms with Gasteiger partial charge < -0.3 is 4.98 Å². The van der Waals surface area contributed by atoms with Gasteiger partial charge in [0.15, 0.2) is 5.43 Å². The van der Waals surface area contributed by atoms with Crippen molar-refractivity contribution in [2.45, 2.75) is 12.6 Å². The van der Waals surface area contributed by atoms with Crippen LogP contribution in [-0.4, -0.2) is 4.98 Å². The minimum Gasteiger partial charge on any atom is -0.349 e. The molecule has 0 fully saturated rings. The number of halogens is 5. The van der Waals surface area contributed by atoms with Crippen LogP contribution in [-0.2, 0) is 6.18 Å². The summed E-state index contributed by atoms with van der Waals surface area (Å²) in [7, 11) is 0. The highest BCUT2D eigenvalue weighted by molar-refractivity contribution is 5.35. The number of H-pyrrole nitrogens is 1. The summed E-state index contributed by atoms with van der Waals surface area (Å²) in [5, 5.41) is 8.36. The first kappa shape index (κ1) is 12.2. The summed E-state index contributed by atoms with van der Waals surface area (Å²) in [5.74, 6) is 0. The molecule has 1 aromatic rings. The number of pyridine rings is 1. The number of nitrogens with zero attached hydrogens (tertiary/aromatic N) is 1. The molecule has 1 aromatic heterocycles. The molecule has 0 saturated heterocycles. The highest BCUT2D eigenvalue weighted by Gasteiger charge is 2.34. The molecule has 3 nitrogen and oxygen atoms in total. The lowest BCUT2D eigenvalue weighted by molar-refractivity contribution is -0.141. The van der Waals surface area contributed by atoms with E-state index in [0.717, 1.165) is 6.07 Å². The van der Waals surface area contributed by atoms with Crippen molar-refractivity contribution in [1.29, 1.82) is 5.26 Å². The van der Waals surface area contributed by atoms with Crippen molar-refractivity contribution in [3.63, 3.8) is 0 Å². The van der Waals surface area contributed by atoms with Gasteiger partial charge in [0.1, 0.15) is 23.0 Å². The van der Waals surface area contributed by atoms with Crippen LogP contribution >= 0.6 is 0 Å². The number of aromatic nitrogens is 1. The number of hydrogen-bond donors (Lipinski definition) is 1. The topological polar surface area (TPSA) is 56.6 Å². The van der Waals surface area contributed by atoms with Gasteiger partial charge in [-0.25, -0.2) is 8.78 Å². The normalized spacial score (nSPS) is 11.6. The largest absolute Gasteiger partial charge is 0.431 e. The fraction of sp³-hybridized carbons (Fsp3) is 0.250. The summed E-state index contributed by atoms with van der Waals surface area (Å²) in [5.41, 5.74) is -5.32. The molecule has 1 rings (SSSR count). The zero-order valence-corrected chi connectivity index (χ0v) is 7.40. The third kappa shape index (κ3) is 2.18. The number of alkyl halides is 5. The van der Waals surface area contributed by atoms with E-state index in [0.29, 0.717) is 0 Å². The molecule has 1 N–H and O–H groups in total. The molecule has 0 aliphatic rings. The molecule has 0 amide bonds. The summed E-state index contributed by atoms with van der Waals surface area (Å²) >= 11 is 0. The Morgan fingerprint density at radius 2 is 1.94 bits per heavy atom. The Hall–Kier alpha value is -1.91. The maximum atomic E-state index is 12.3. The van der Waals surface area contributed by atoms with Crippen LogP contribution in [0.15, 0.2) is 10.9 Å². The van der Waals surface area contributed by atoms with Gasteiger partial charge in [0.25, 0.3) is 6.43 Å². The minimum absolute atomic E-state index is 0.0738. The van der Waals surface area contributed by atoms with Gasteiger partial charge in [-0.1, -0.05) is 0 Å². The molecular weight excluding hydrogens is 235 g/mol. The van der Waals surface area contributed by atoms with E-state index in [1.54, 1.807) is 0 Å². The number of rotatable bonds is 1. The zero-order chi connectivity index (χ0) is 12.5. The van der Waals surface area contributed by atoms with Crippen LogP contribution in [0.1, 0.15) is 23.4 Å². The monoisotopic (exact) mass is 238 g/mol. The second-order valence-electron chi connectivity index (χ2n) is 2.75. The van der Waals surface area contributed by atoms with Crippen molar-refractivity contribution in [3.8, 4) is 6.07 Å². The van der Waals surface area contributed by atoms with Crippen LogP contribution in [0.3, 0.4) is 0 Å². The van der Waals surface area contributed by atoms with Gasteiger partial charge in [-0.05, 0) is 0 Å². The van der Waals surface area contributed by atoms with Crippen LogP contribution < -0.4 is 5.43 Å². The Bertz CT molecular complexity index is 497. The second-order valence-corrected chi connectivity index (χ2v) is 2.75. The molecule has 86 valence electrons. The molecule has 0 aliphatic carbocycles. The van der Waals surface area contributed by atoms with Gasteiger partial charge in [0.2, 0.25) is 0 Å². The zero-order valence-electron chi connectivity index (χ0n) is 7.40. The summed E-state index contributed by atoms with van der Waals surface area (Å²) in [4.78, 5) is 12.3. The summed E-state index contributed by atoms with van der Waals surface area (Å²) in [6, 6.07) is 1.21. The highest BCUT2D eigenvalue weighted by atomic mass is 19.4. The molecule has 0 aliphatic heterocycles. The smallest absolute Gasteiger partial charge is 0.349 e. The van der Waals surface area contributed by atoms with E-state index in [1.807, 2.05) is 0 Å². The molecule has 0 spiro atoms. The lowest BCUT2D eigenvalue weighted by Gasteiger charge is -2.09. The van der Waals surface area contributed by atoms with Gasteiger partial charge in [0.05, 0.1) is 0 Å². The SMILES string of the molecule is N#Cc1c(C(F)F)[nH]c(C(F)(F)F)cc1=O. The molecule has 8 heteroatoms. The summed E-state index contributed by atoms with van der Waals surface area (Å²) in [6.07, 6.45) is -8.30. The average Bonchev–Trinajstić information content (AvgIpc) is 2.14. The van der Waals surface area contributed by atoms with E-state index in [1.165, 1.54) is 4.98 Å².